The van der Waals surface area contributed by atoms with Gasteiger partial charge in [-0.2, -0.15) is 0 Å². The molecule has 1 aromatic heterocycles. The Labute approximate surface area is 122 Å². The highest BCUT2D eigenvalue weighted by atomic mass is 35.7. The lowest BCUT2D eigenvalue weighted by atomic mass is 10.1. The summed E-state index contributed by atoms with van der Waals surface area (Å²) in [6.45, 7) is 5.81. The number of aromatic nitrogens is 1. The molecule has 0 fully saturated rings. The van der Waals surface area contributed by atoms with Crippen molar-refractivity contribution >= 4 is 19.7 Å². The van der Waals surface area contributed by atoms with Gasteiger partial charge in [-0.25, -0.2) is 13.4 Å². The number of rotatable bonds is 3. The third kappa shape index (κ3) is 3.11. The van der Waals surface area contributed by atoms with E-state index in [2.05, 4.69) is 4.98 Å². The van der Waals surface area contributed by atoms with Crippen molar-refractivity contribution in [1.29, 1.82) is 0 Å². The van der Waals surface area contributed by atoms with E-state index in [4.69, 9.17) is 15.4 Å². The van der Waals surface area contributed by atoms with Gasteiger partial charge in [-0.3, -0.25) is 0 Å². The predicted molar refractivity (Wildman–Crippen MR) is 78.0 cm³/mol. The molecule has 0 atom stereocenters. The van der Waals surface area contributed by atoms with Crippen molar-refractivity contribution in [2.45, 2.75) is 25.7 Å². The van der Waals surface area contributed by atoms with E-state index in [-0.39, 0.29) is 10.8 Å². The zero-order valence-electron chi connectivity index (χ0n) is 11.3. The Balaban J connectivity index is 2.52. The first-order valence-corrected chi connectivity index (χ1v) is 8.25. The minimum atomic E-state index is -3.90. The summed E-state index contributed by atoms with van der Waals surface area (Å²) in [5.74, 6) is 0.554. The van der Waals surface area contributed by atoms with Crippen molar-refractivity contribution in [2.75, 3.05) is 0 Å². The van der Waals surface area contributed by atoms with Crippen molar-refractivity contribution in [1.82, 2.24) is 4.98 Å². The van der Waals surface area contributed by atoms with Crippen molar-refractivity contribution in [2.24, 2.45) is 0 Å². The van der Waals surface area contributed by atoms with Crippen LogP contribution in [-0.4, -0.2) is 13.4 Å². The second kappa shape index (κ2) is 5.42. The second-order valence-corrected chi connectivity index (χ2v) is 7.09. The van der Waals surface area contributed by atoms with Crippen LogP contribution in [0.2, 0.25) is 0 Å². The molecule has 1 heterocycles. The molecule has 0 bridgehead atoms. The molecule has 1 aromatic carbocycles. The molecule has 0 amide bonds. The van der Waals surface area contributed by atoms with Crippen LogP contribution in [0.25, 0.3) is 0 Å². The fraction of sp³-hybridized carbons (Fsp3) is 0.214. The van der Waals surface area contributed by atoms with E-state index in [9.17, 15) is 8.42 Å². The van der Waals surface area contributed by atoms with Crippen molar-refractivity contribution in [3.05, 3.63) is 47.2 Å². The molecule has 20 heavy (non-hydrogen) atoms. The van der Waals surface area contributed by atoms with Crippen LogP contribution in [0.1, 0.15) is 16.7 Å². The molecule has 0 unspecified atom stereocenters. The van der Waals surface area contributed by atoms with Gasteiger partial charge in [0.1, 0.15) is 10.6 Å². The number of nitrogens with zero attached hydrogens (tertiary/aromatic N) is 1. The summed E-state index contributed by atoms with van der Waals surface area (Å²) in [4.78, 5) is 3.82. The quantitative estimate of drug-likeness (QED) is 0.810. The molecule has 0 N–H and O–H groups in total. The zero-order valence-corrected chi connectivity index (χ0v) is 12.9. The molecule has 0 aliphatic rings. The van der Waals surface area contributed by atoms with Crippen molar-refractivity contribution in [3.8, 4) is 11.6 Å². The van der Waals surface area contributed by atoms with Gasteiger partial charge in [-0.05, 0) is 55.7 Å². The molecule has 0 saturated heterocycles. The fourth-order valence-electron chi connectivity index (χ4n) is 1.85. The van der Waals surface area contributed by atoms with Gasteiger partial charge in [0.15, 0.2) is 0 Å². The molecule has 0 aliphatic heterocycles. The Morgan fingerprint density at radius 3 is 2.55 bits per heavy atom. The zero-order chi connectivity index (χ0) is 14.9. The minimum absolute atomic E-state index is 0.0180. The van der Waals surface area contributed by atoms with Gasteiger partial charge in [0.2, 0.25) is 5.88 Å². The molecule has 106 valence electrons. The van der Waals surface area contributed by atoms with Crippen LogP contribution in [0.4, 0.5) is 0 Å². The van der Waals surface area contributed by atoms with Crippen LogP contribution in [-0.2, 0) is 9.05 Å². The average Bonchev–Trinajstić information content (AvgIpc) is 2.34. The Hall–Kier alpha value is -1.59. The second-order valence-electron chi connectivity index (χ2n) is 4.55. The highest BCUT2D eigenvalue weighted by Gasteiger charge is 2.19. The van der Waals surface area contributed by atoms with E-state index in [0.717, 1.165) is 16.7 Å². The topological polar surface area (TPSA) is 56.3 Å². The maximum Gasteiger partial charge on any atom is 0.266 e. The largest absolute Gasteiger partial charge is 0.437 e. The summed E-state index contributed by atoms with van der Waals surface area (Å²) < 4.78 is 28.7. The molecular weight excluding hydrogens is 298 g/mol. The Kier molecular flexibility index (Phi) is 4.01. The molecule has 4 nitrogen and oxygen atoms in total. The van der Waals surface area contributed by atoms with E-state index in [0.29, 0.717) is 5.75 Å². The number of aryl methyl sites for hydroxylation is 2. The van der Waals surface area contributed by atoms with Gasteiger partial charge in [0.25, 0.3) is 9.05 Å². The monoisotopic (exact) mass is 311 g/mol. The standard InChI is InChI=1S/C14H14ClNO3S/c1-9-7-10(2)11(3)12(8-9)19-14-13(20(15,17)18)5-4-6-16-14/h4-8H,1-3H3. The van der Waals surface area contributed by atoms with Crippen molar-refractivity contribution < 1.29 is 13.2 Å². The third-order valence-corrected chi connectivity index (χ3v) is 4.30. The molecular formula is C14H14ClNO3S. The van der Waals surface area contributed by atoms with Crippen LogP contribution < -0.4 is 4.74 Å². The maximum atomic E-state index is 11.5. The van der Waals surface area contributed by atoms with Crippen LogP contribution in [0.15, 0.2) is 35.4 Å². The lowest BCUT2D eigenvalue weighted by Gasteiger charge is -2.12. The Morgan fingerprint density at radius 1 is 1.20 bits per heavy atom. The number of benzene rings is 1. The Bertz CT molecular complexity index is 757. The smallest absolute Gasteiger partial charge is 0.266 e. The molecule has 6 heteroatoms. The molecule has 2 aromatic rings. The lowest BCUT2D eigenvalue weighted by molar-refractivity contribution is 0.444. The van der Waals surface area contributed by atoms with Crippen LogP contribution >= 0.6 is 10.7 Å². The van der Waals surface area contributed by atoms with E-state index >= 15 is 0 Å². The summed E-state index contributed by atoms with van der Waals surface area (Å²) >= 11 is 0. The highest BCUT2D eigenvalue weighted by molar-refractivity contribution is 8.13. The summed E-state index contributed by atoms with van der Waals surface area (Å²) in [7, 11) is 1.48. The van der Waals surface area contributed by atoms with E-state index in [1.807, 2.05) is 32.9 Å². The first kappa shape index (κ1) is 14.8. The Morgan fingerprint density at radius 2 is 1.90 bits per heavy atom. The fourth-order valence-corrected chi connectivity index (χ4v) is 2.75. The minimum Gasteiger partial charge on any atom is -0.437 e. The molecule has 0 radical (unpaired) electrons. The van der Waals surface area contributed by atoms with Crippen LogP contribution in [0.3, 0.4) is 0 Å². The molecule has 2 rings (SSSR count). The normalized spacial score (nSPS) is 11.4. The van der Waals surface area contributed by atoms with Gasteiger partial charge in [-0.1, -0.05) is 6.07 Å². The van der Waals surface area contributed by atoms with E-state index in [1.165, 1.54) is 18.3 Å². The highest BCUT2D eigenvalue weighted by Crippen LogP contribution is 2.32. The van der Waals surface area contributed by atoms with E-state index in [1.54, 1.807) is 0 Å². The van der Waals surface area contributed by atoms with Crippen LogP contribution in [0.5, 0.6) is 11.6 Å². The summed E-state index contributed by atoms with van der Waals surface area (Å²) in [5, 5.41) is 0. The molecule has 0 saturated carbocycles. The number of halogens is 1. The number of pyridine rings is 1. The number of ether oxygens (including phenoxy) is 1. The van der Waals surface area contributed by atoms with Crippen LogP contribution in [0, 0.1) is 20.8 Å². The van der Waals surface area contributed by atoms with Gasteiger partial charge in [-0.15, -0.1) is 0 Å². The van der Waals surface area contributed by atoms with Gasteiger partial charge in [0, 0.05) is 16.9 Å². The van der Waals surface area contributed by atoms with Gasteiger partial charge >= 0.3 is 0 Å². The number of hydrogen-bond acceptors (Lipinski definition) is 4. The predicted octanol–water partition coefficient (Wildman–Crippen LogP) is 3.73. The van der Waals surface area contributed by atoms with Crippen molar-refractivity contribution in [3.63, 3.8) is 0 Å². The maximum absolute atomic E-state index is 11.5. The first-order chi connectivity index (χ1) is 9.29. The van der Waals surface area contributed by atoms with E-state index < -0.39 is 9.05 Å². The summed E-state index contributed by atoms with van der Waals surface area (Å²) in [6.07, 6.45) is 1.46. The average molecular weight is 312 g/mol. The summed E-state index contributed by atoms with van der Waals surface area (Å²) in [6, 6.07) is 6.72. The SMILES string of the molecule is Cc1cc(C)c(C)c(Oc2ncccc2S(=O)(=O)Cl)c1. The lowest BCUT2D eigenvalue weighted by Crippen LogP contribution is -1.99. The first-order valence-electron chi connectivity index (χ1n) is 5.94. The molecule has 0 spiro atoms. The number of hydrogen-bond donors (Lipinski definition) is 0. The third-order valence-electron chi connectivity index (χ3n) is 2.97. The van der Waals surface area contributed by atoms with Gasteiger partial charge < -0.3 is 4.74 Å². The summed E-state index contributed by atoms with van der Waals surface area (Å²) in [5.41, 5.74) is 3.01. The molecule has 0 aliphatic carbocycles. The van der Waals surface area contributed by atoms with Gasteiger partial charge in [0.05, 0.1) is 0 Å².